The Hall–Kier alpha value is -9.16. The van der Waals surface area contributed by atoms with E-state index in [9.17, 15) is 0 Å². The highest BCUT2D eigenvalue weighted by atomic mass is 16.5. The molecule has 0 fully saturated rings. The van der Waals surface area contributed by atoms with Crippen molar-refractivity contribution in [3.05, 3.63) is 205 Å². The second-order valence-electron chi connectivity index (χ2n) is 23.9. The normalized spacial score (nSPS) is 15.4. The number of ether oxygens (including phenoxy) is 2. The van der Waals surface area contributed by atoms with Crippen LogP contribution < -0.4 is 48.7 Å². The molecule has 12 nitrogen and oxygen atoms in total. The molecule has 12 heteroatoms. The zero-order valence-corrected chi connectivity index (χ0v) is 48.4. The molecular weight excluding hydrogens is 1010 g/mol. The minimum absolute atomic E-state index is 0.147. The molecule has 82 heavy (non-hydrogen) atoms. The number of rotatable bonds is 12. The summed E-state index contributed by atoms with van der Waals surface area (Å²) in [6.45, 7) is 17.8. The van der Waals surface area contributed by atoms with Crippen molar-refractivity contribution >= 4 is 79.6 Å². The largest absolute Gasteiger partial charge is 0.457 e. The maximum absolute atomic E-state index is 8.25. The van der Waals surface area contributed by atoms with E-state index in [1.807, 2.05) is 53.7 Å². The van der Waals surface area contributed by atoms with Crippen LogP contribution >= 0.6 is 0 Å². The molecule has 9 aromatic rings. The van der Waals surface area contributed by atoms with Gasteiger partial charge in [0.25, 0.3) is 0 Å². The van der Waals surface area contributed by atoms with Crippen molar-refractivity contribution in [3.63, 3.8) is 0 Å². The summed E-state index contributed by atoms with van der Waals surface area (Å²) >= 11 is 0. The van der Waals surface area contributed by atoms with Crippen molar-refractivity contribution in [2.75, 3.05) is 79.9 Å². The maximum Gasteiger partial charge on any atom is 0.129 e. The standard InChI is InChI=1S/C70H72N10O2/c1-11-47-31-66(80-46-78(60-24-14-16-26-62(60)80)54-34-50(70(6,7)8)36-58(40-54)82-56-22-18-20-52(38-56)76-44-74(10)68-42-72-30-28-64(68)76)48(12-2)32-65(47)79-45-77(59-23-13-15-25-61(59)79)53-33-49(69(3,4)5)35-57(39-53)81-55-21-17-19-51(37-55)75-43-73(9)67-41-71-29-27-63(67)75/h13-42H,11-12,43-46H2,1-10H3/i9D3. The first-order valence-corrected chi connectivity index (χ1v) is 28.5. The smallest absolute Gasteiger partial charge is 0.129 e. The van der Waals surface area contributed by atoms with Gasteiger partial charge in [-0.2, -0.15) is 0 Å². The van der Waals surface area contributed by atoms with E-state index in [2.05, 4.69) is 223 Å². The summed E-state index contributed by atoms with van der Waals surface area (Å²) in [5.41, 5.74) is 19.1. The Labute approximate surface area is 487 Å². The van der Waals surface area contributed by atoms with Crippen molar-refractivity contribution in [1.29, 1.82) is 0 Å². The Kier molecular flexibility index (Phi) is 12.1. The SMILES string of the molecule is [2H]C([2H])([2H])N1CN(c2cccc(Oc3cc(N4CN(c5cc(CC)c(N6CN(c7cc(Oc8cccc(N9CN(C)c%10cnccc%109)c8)cc(C(C)(C)C)c7)c7ccccc76)cc5CC)c5ccccc54)cc(C(C)(C)C)c3)c2)c2ccncc21. The van der Waals surface area contributed by atoms with Gasteiger partial charge in [0.1, 0.15) is 36.3 Å². The first kappa shape index (κ1) is 48.7. The molecule has 4 aliphatic heterocycles. The summed E-state index contributed by atoms with van der Waals surface area (Å²) in [5, 5.41) is 0. The molecule has 0 spiro atoms. The Morgan fingerprint density at radius 2 is 0.780 bits per heavy atom. The zero-order valence-electron chi connectivity index (χ0n) is 51.4. The first-order valence-electron chi connectivity index (χ1n) is 30.0. The lowest BCUT2D eigenvalue weighted by Gasteiger charge is -2.29. The first-order chi connectivity index (χ1) is 40.8. The van der Waals surface area contributed by atoms with E-state index in [1.165, 1.54) is 33.0 Å². The number of hydrogen-bond acceptors (Lipinski definition) is 12. The Bertz CT molecular complexity index is 4020. The molecule has 7 aromatic carbocycles. The maximum atomic E-state index is 8.25. The Morgan fingerprint density at radius 3 is 1.21 bits per heavy atom. The third kappa shape index (κ3) is 9.49. The van der Waals surface area contributed by atoms with E-state index < -0.39 is 6.98 Å². The number of hydrogen-bond donors (Lipinski definition) is 0. The van der Waals surface area contributed by atoms with Gasteiger partial charge in [-0.1, -0.05) is 91.8 Å². The predicted molar refractivity (Wildman–Crippen MR) is 339 cm³/mol. The monoisotopic (exact) mass is 1090 g/mol. The van der Waals surface area contributed by atoms with Gasteiger partial charge in [0, 0.05) is 88.9 Å². The summed E-state index contributed by atoms with van der Waals surface area (Å²) < 4.78 is 38.5. The average molecular weight is 1090 g/mol. The van der Waals surface area contributed by atoms with Crippen LogP contribution in [0.3, 0.4) is 0 Å². The van der Waals surface area contributed by atoms with Crippen molar-refractivity contribution in [2.24, 2.45) is 0 Å². The summed E-state index contributed by atoms with van der Waals surface area (Å²) in [5.74, 6) is 2.93. The van der Waals surface area contributed by atoms with E-state index in [0.717, 1.165) is 99.1 Å². The molecule has 2 aromatic heterocycles. The second kappa shape index (κ2) is 20.4. The Balaban J connectivity index is 0.804. The fourth-order valence-corrected chi connectivity index (χ4v) is 12.0. The van der Waals surface area contributed by atoms with Gasteiger partial charge < -0.3 is 48.7 Å². The quantitative estimate of drug-likeness (QED) is 0.117. The lowest BCUT2D eigenvalue weighted by molar-refractivity contribution is 0.478. The van der Waals surface area contributed by atoms with Gasteiger partial charge >= 0.3 is 0 Å². The fourth-order valence-electron chi connectivity index (χ4n) is 12.0. The number of benzene rings is 7. The number of para-hydroxylation sites is 4. The van der Waals surface area contributed by atoms with E-state index in [-0.39, 0.29) is 17.5 Å². The molecule has 0 aliphatic carbocycles. The molecular formula is C70H72N10O2. The molecule has 0 unspecified atom stereocenters. The molecule has 0 saturated heterocycles. The van der Waals surface area contributed by atoms with Gasteiger partial charge in [-0.25, -0.2) is 0 Å². The van der Waals surface area contributed by atoms with Crippen LogP contribution in [-0.2, 0) is 23.7 Å². The number of anilines is 14. The highest BCUT2D eigenvalue weighted by Gasteiger charge is 2.35. The zero-order chi connectivity index (χ0) is 59.1. The van der Waals surface area contributed by atoms with Crippen molar-refractivity contribution in [1.82, 2.24) is 9.97 Å². The summed E-state index contributed by atoms with van der Waals surface area (Å²) in [4.78, 5) is 26.4. The number of pyridine rings is 2. The second-order valence-corrected chi connectivity index (χ2v) is 23.9. The summed E-state index contributed by atoms with van der Waals surface area (Å²) in [6.07, 6.45) is 8.77. The highest BCUT2D eigenvalue weighted by molar-refractivity contribution is 5.92. The summed E-state index contributed by atoms with van der Waals surface area (Å²) in [7, 11) is 2.10. The van der Waals surface area contributed by atoms with E-state index in [0.29, 0.717) is 30.5 Å². The molecule has 0 bridgehead atoms. The third-order valence-electron chi connectivity index (χ3n) is 16.5. The highest BCUT2D eigenvalue weighted by Crippen LogP contribution is 2.52. The third-order valence-corrected chi connectivity index (χ3v) is 16.5. The van der Waals surface area contributed by atoms with Gasteiger partial charge in [0.05, 0.1) is 71.2 Å². The molecule has 6 heterocycles. The van der Waals surface area contributed by atoms with Crippen molar-refractivity contribution in [3.8, 4) is 23.0 Å². The van der Waals surface area contributed by atoms with Crippen LogP contribution in [0.15, 0.2) is 183 Å². The van der Waals surface area contributed by atoms with Crippen LogP contribution in [0.2, 0.25) is 0 Å². The van der Waals surface area contributed by atoms with Crippen LogP contribution in [0.5, 0.6) is 23.0 Å². The van der Waals surface area contributed by atoms with Gasteiger partial charge in [-0.3, -0.25) is 9.97 Å². The van der Waals surface area contributed by atoms with Crippen molar-refractivity contribution < 1.29 is 13.6 Å². The molecule has 414 valence electrons. The van der Waals surface area contributed by atoms with E-state index in [4.69, 9.17) is 13.6 Å². The van der Waals surface area contributed by atoms with Gasteiger partial charge in [0.2, 0.25) is 0 Å². The molecule has 0 N–H and O–H groups in total. The molecule has 13 rings (SSSR count). The van der Waals surface area contributed by atoms with Crippen LogP contribution in [0.4, 0.5) is 79.6 Å². The molecule has 0 atom stereocenters. The number of aromatic nitrogens is 2. The Morgan fingerprint density at radius 1 is 0.390 bits per heavy atom. The molecule has 0 radical (unpaired) electrons. The molecule has 0 amide bonds. The average Bonchev–Trinajstić information content (AvgIpc) is 2.47. The topological polar surface area (TPSA) is 70.2 Å². The number of fused-ring (bicyclic) bond motifs is 4. The van der Waals surface area contributed by atoms with Crippen LogP contribution in [-0.4, -0.2) is 50.7 Å². The molecule has 4 aliphatic rings. The lowest BCUT2D eigenvalue weighted by atomic mass is 9.86. The fraction of sp³-hybridized carbons (Fsp3) is 0.257. The number of nitrogens with zero attached hydrogens (tertiary/aromatic N) is 10. The van der Waals surface area contributed by atoms with Crippen molar-refractivity contribution in [2.45, 2.75) is 79.1 Å². The minimum atomic E-state index is -2.32. The van der Waals surface area contributed by atoms with Crippen LogP contribution in [0.25, 0.3) is 0 Å². The number of aryl methyl sites for hydroxylation is 2. The minimum Gasteiger partial charge on any atom is -0.457 e. The van der Waals surface area contributed by atoms with E-state index >= 15 is 0 Å². The van der Waals surface area contributed by atoms with Gasteiger partial charge in [0.15, 0.2) is 0 Å². The summed E-state index contributed by atoms with van der Waals surface area (Å²) in [6, 6.07) is 55.9. The van der Waals surface area contributed by atoms with Gasteiger partial charge in [-0.15, -0.1) is 0 Å². The van der Waals surface area contributed by atoms with Gasteiger partial charge in [-0.05, 0) is 143 Å². The lowest BCUT2D eigenvalue weighted by Crippen LogP contribution is -2.27. The van der Waals surface area contributed by atoms with Crippen LogP contribution in [0, 0.1) is 0 Å². The molecule has 0 saturated carbocycles. The predicted octanol–water partition coefficient (Wildman–Crippen LogP) is 17.4. The van der Waals surface area contributed by atoms with Crippen LogP contribution in [0.1, 0.15) is 81.8 Å². The van der Waals surface area contributed by atoms with E-state index in [1.54, 1.807) is 12.4 Å².